The Labute approximate surface area is 160 Å². The number of thioether (sulfide) groups is 1. The van der Waals surface area contributed by atoms with E-state index < -0.39 is 0 Å². The summed E-state index contributed by atoms with van der Waals surface area (Å²) in [5.74, 6) is 1.17. The third kappa shape index (κ3) is 5.85. The second-order valence-corrected chi connectivity index (χ2v) is 6.49. The lowest BCUT2D eigenvalue weighted by Gasteiger charge is -2.12. The fraction of sp³-hybridized carbons (Fsp3) is 0.176. The molecule has 0 saturated heterocycles. The molecule has 0 fully saturated rings. The van der Waals surface area contributed by atoms with Gasteiger partial charge < -0.3 is 15.2 Å². The van der Waals surface area contributed by atoms with Gasteiger partial charge in [-0.2, -0.15) is 5.10 Å². The van der Waals surface area contributed by atoms with E-state index in [1.54, 1.807) is 37.6 Å². The molecule has 0 heterocycles. The van der Waals surface area contributed by atoms with E-state index in [9.17, 15) is 0 Å². The van der Waals surface area contributed by atoms with Crippen LogP contribution in [-0.2, 0) is 6.61 Å². The second-order valence-electron chi connectivity index (χ2n) is 4.82. The largest absolute Gasteiger partial charge is 0.493 e. The van der Waals surface area contributed by atoms with E-state index in [2.05, 4.69) is 10.2 Å². The molecule has 8 heteroatoms. The van der Waals surface area contributed by atoms with Crippen LogP contribution in [0.2, 0.25) is 10.0 Å². The molecule has 0 atom stereocenters. The summed E-state index contributed by atoms with van der Waals surface area (Å²) in [5, 5.41) is 9.29. The minimum atomic E-state index is 0.300. The van der Waals surface area contributed by atoms with Gasteiger partial charge in [-0.25, -0.2) is 0 Å². The van der Waals surface area contributed by atoms with Crippen LogP contribution in [0.4, 0.5) is 0 Å². The van der Waals surface area contributed by atoms with Crippen LogP contribution in [0.1, 0.15) is 11.1 Å². The minimum Gasteiger partial charge on any atom is -0.493 e. The van der Waals surface area contributed by atoms with E-state index in [-0.39, 0.29) is 0 Å². The van der Waals surface area contributed by atoms with Gasteiger partial charge in [0.2, 0.25) is 0 Å². The van der Waals surface area contributed by atoms with E-state index >= 15 is 0 Å². The quantitative estimate of drug-likeness (QED) is 0.439. The number of rotatable bonds is 6. The molecule has 0 saturated carbocycles. The highest BCUT2D eigenvalue weighted by molar-refractivity contribution is 8.13. The maximum Gasteiger partial charge on any atom is 0.180 e. The summed E-state index contributed by atoms with van der Waals surface area (Å²) in [6, 6.07) is 10.7. The molecule has 0 aliphatic rings. The number of hydrogen-bond acceptors (Lipinski definition) is 5. The van der Waals surface area contributed by atoms with Crippen molar-refractivity contribution in [2.75, 3.05) is 13.4 Å². The Balaban J connectivity index is 2.11. The van der Waals surface area contributed by atoms with Gasteiger partial charge in [0, 0.05) is 15.6 Å². The maximum absolute atomic E-state index is 6.15. The summed E-state index contributed by atoms with van der Waals surface area (Å²) in [4.78, 5) is 0. The molecule has 0 aliphatic heterocycles. The summed E-state index contributed by atoms with van der Waals surface area (Å²) >= 11 is 13.4. The van der Waals surface area contributed by atoms with E-state index in [4.69, 9.17) is 38.4 Å². The number of nitrogens with two attached hydrogens (primary N) is 1. The topological polar surface area (TPSA) is 69.2 Å². The van der Waals surface area contributed by atoms with Crippen LogP contribution in [0, 0.1) is 0 Å². The van der Waals surface area contributed by atoms with E-state index in [0.717, 1.165) is 11.1 Å². The van der Waals surface area contributed by atoms with Crippen LogP contribution in [0.15, 0.2) is 46.6 Å². The summed E-state index contributed by atoms with van der Waals surface area (Å²) in [6.07, 6.45) is 3.42. The Morgan fingerprint density at radius 2 is 2.00 bits per heavy atom. The molecule has 0 amide bonds. The fourth-order valence-electron chi connectivity index (χ4n) is 1.87. The van der Waals surface area contributed by atoms with E-state index in [1.807, 2.05) is 18.4 Å². The number of benzene rings is 2. The lowest BCUT2D eigenvalue weighted by Crippen LogP contribution is -2.04. The summed E-state index contributed by atoms with van der Waals surface area (Å²) in [6.45, 7) is 0.300. The molecule has 5 nitrogen and oxygen atoms in total. The van der Waals surface area contributed by atoms with Gasteiger partial charge in [0.05, 0.1) is 13.3 Å². The van der Waals surface area contributed by atoms with E-state index in [1.165, 1.54) is 11.8 Å². The number of hydrogen-bond donors (Lipinski definition) is 1. The van der Waals surface area contributed by atoms with Crippen LogP contribution in [0.25, 0.3) is 0 Å². The van der Waals surface area contributed by atoms with Gasteiger partial charge in [-0.1, -0.05) is 41.0 Å². The van der Waals surface area contributed by atoms with Gasteiger partial charge in [0.1, 0.15) is 6.61 Å². The summed E-state index contributed by atoms with van der Waals surface area (Å²) < 4.78 is 11.2. The van der Waals surface area contributed by atoms with Crippen molar-refractivity contribution in [3.8, 4) is 11.5 Å². The minimum absolute atomic E-state index is 0.300. The van der Waals surface area contributed by atoms with Gasteiger partial charge >= 0.3 is 0 Å². The highest BCUT2D eigenvalue weighted by Gasteiger charge is 2.07. The Kier molecular flexibility index (Phi) is 7.43. The first kappa shape index (κ1) is 19.4. The Bertz CT molecular complexity index is 797. The van der Waals surface area contributed by atoms with Gasteiger partial charge in [0.15, 0.2) is 16.7 Å². The molecule has 0 aromatic heterocycles. The third-order valence-corrected chi connectivity index (χ3v) is 4.25. The summed E-state index contributed by atoms with van der Waals surface area (Å²) in [7, 11) is 1.57. The molecule has 25 heavy (non-hydrogen) atoms. The first-order chi connectivity index (χ1) is 12.0. The monoisotopic (exact) mass is 397 g/mol. The average molecular weight is 398 g/mol. The lowest BCUT2D eigenvalue weighted by atomic mass is 10.2. The third-order valence-electron chi connectivity index (χ3n) is 3.16. The Hall–Kier alpha value is -1.89. The molecule has 0 spiro atoms. The number of ether oxygens (including phenoxy) is 2. The predicted molar refractivity (Wildman–Crippen MR) is 107 cm³/mol. The molecule has 2 rings (SSSR count). The van der Waals surface area contributed by atoms with Crippen molar-refractivity contribution < 1.29 is 9.47 Å². The van der Waals surface area contributed by atoms with Crippen molar-refractivity contribution in [1.82, 2.24) is 0 Å². The molecular weight excluding hydrogens is 381 g/mol. The molecule has 2 N–H and O–H groups in total. The fourth-order valence-corrected chi connectivity index (χ4v) is 2.46. The van der Waals surface area contributed by atoms with Gasteiger partial charge in [0.25, 0.3) is 0 Å². The predicted octanol–water partition coefficient (Wildman–Crippen LogP) is 4.59. The van der Waals surface area contributed by atoms with Crippen molar-refractivity contribution in [1.29, 1.82) is 0 Å². The van der Waals surface area contributed by atoms with Gasteiger partial charge in [-0.3, -0.25) is 0 Å². The van der Waals surface area contributed by atoms with Gasteiger partial charge in [-0.05, 0) is 42.2 Å². The average Bonchev–Trinajstić information content (AvgIpc) is 2.61. The van der Waals surface area contributed by atoms with Crippen molar-refractivity contribution in [3.05, 3.63) is 57.6 Å². The lowest BCUT2D eigenvalue weighted by molar-refractivity contribution is 0.284. The van der Waals surface area contributed by atoms with Crippen LogP contribution >= 0.6 is 35.0 Å². The number of amidine groups is 1. The highest BCUT2D eigenvalue weighted by Crippen LogP contribution is 2.29. The SMILES string of the molecule is COc1cc(/C=N\N=C(/N)SC)ccc1OCc1ccc(Cl)cc1Cl. The molecule has 0 radical (unpaired) electrons. The van der Waals surface area contributed by atoms with Crippen molar-refractivity contribution >= 4 is 46.3 Å². The van der Waals surface area contributed by atoms with Crippen molar-refractivity contribution in [3.63, 3.8) is 0 Å². The zero-order valence-corrected chi connectivity index (χ0v) is 16.0. The van der Waals surface area contributed by atoms with E-state index in [0.29, 0.717) is 33.3 Å². The maximum atomic E-state index is 6.15. The molecule has 2 aromatic rings. The van der Waals surface area contributed by atoms with Crippen LogP contribution in [-0.4, -0.2) is 24.7 Å². The first-order valence-corrected chi connectivity index (χ1v) is 9.16. The summed E-state index contributed by atoms with van der Waals surface area (Å²) in [5.41, 5.74) is 7.21. The zero-order valence-electron chi connectivity index (χ0n) is 13.7. The number of methoxy groups -OCH3 is 1. The van der Waals surface area contributed by atoms with Gasteiger partial charge in [-0.15, -0.1) is 5.10 Å². The normalized spacial score (nSPS) is 11.8. The Morgan fingerprint density at radius 3 is 2.68 bits per heavy atom. The van der Waals surface area contributed by atoms with Crippen LogP contribution < -0.4 is 15.2 Å². The first-order valence-electron chi connectivity index (χ1n) is 7.18. The van der Waals surface area contributed by atoms with Crippen molar-refractivity contribution in [2.45, 2.75) is 6.61 Å². The molecular formula is C17H17Cl2N3O2S. The second kappa shape index (κ2) is 9.56. The zero-order chi connectivity index (χ0) is 18.2. The van der Waals surface area contributed by atoms with Crippen LogP contribution in [0.3, 0.4) is 0 Å². The Morgan fingerprint density at radius 1 is 1.20 bits per heavy atom. The number of nitrogens with zero attached hydrogens (tertiary/aromatic N) is 2. The molecule has 132 valence electrons. The molecule has 0 aliphatic carbocycles. The standard InChI is InChI=1S/C17H17Cl2N3O2S/c1-23-16-7-11(9-21-22-17(20)25-2)3-6-15(16)24-10-12-4-5-13(18)8-14(12)19/h3-9H,10H2,1-2H3,(H2,20,22)/b21-9-. The number of halogens is 2. The van der Waals surface area contributed by atoms with Crippen LogP contribution in [0.5, 0.6) is 11.5 Å². The molecule has 0 bridgehead atoms. The molecule has 0 unspecified atom stereocenters. The van der Waals surface area contributed by atoms with Crippen molar-refractivity contribution in [2.24, 2.45) is 15.9 Å². The smallest absolute Gasteiger partial charge is 0.180 e. The molecule has 2 aromatic carbocycles. The highest BCUT2D eigenvalue weighted by atomic mass is 35.5.